The molecule has 0 spiro atoms. The number of hydrogen-bond donors (Lipinski definition) is 1. The summed E-state index contributed by atoms with van der Waals surface area (Å²) in [5, 5.41) is 6.07. The van der Waals surface area contributed by atoms with Crippen LogP contribution < -0.4 is 10.9 Å². The molecule has 1 N–H and O–H groups in total. The van der Waals surface area contributed by atoms with Crippen molar-refractivity contribution in [3.63, 3.8) is 0 Å². The zero-order chi connectivity index (χ0) is 19.1. The quantitative estimate of drug-likeness (QED) is 0.665. The maximum Gasteiger partial charge on any atom is 0.286 e. The Bertz CT molecular complexity index is 1160. The number of hydrogen-bond acceptors (Lipinski definition) is 5. The molecule has 1 atom stereocenters. The molecule has 136 valence electrons. The second kappa shape index (κ2) is 6.90. The fourth-order valence-electron chi connectivity index (χ4n) is 2.91. The first kappa shape index (κ1) is 17.9. The summed E-state index contributed by atoms with van der Waals surface area (Å²) in [5.41, 5.74) is 0.191. The van der Waals surface area contributed by atoms with Crippen LogP contribution in [0.15, 0.2) is 51.7 Å². The molecule has 0 aliphatic carbocycles. The largest absolute Gasteiger partial charge is 0.286 e. The fourth-order valence-corrected chi connectivity index (χ4v) is 4.07. The third kappa shape index (κ3) is 3.28. The van der Waals surface area contributed by atoms with Crippen LogP contribution in [-0.2, 0) is 11.3 Å². The molecule has 1 saturated heterocycles. The number of thioether (sulfide) groups is 1. The number of nitrogens with zero attached hydrogens (tertiary/aromatic N) is 2. The summed E-state index contributed by atoms with van der Waals surface area (Å²) in [6, 6.07) is 11.3. The van der Waals surface area contributed by atoms with Crippen molar-refractivity contribution in [3.05, 3.63) is 74.4 Å². The van der Waals surface area contributed by atoms with Gasteiger partial charge in [0, 0.05) is 15.4 Å². The lowest BCUT2D eigenvalue weighted by Gasteiger charge is -2.13. The van der Waals surface area contributed by atoms with Crippen LogP contribution in [0.3, 0.4) is 0 Å². The van der Waals surface area contributed by atoms with E-state index in [1.165, 1.54) is 6.07 Å². The van der Waals surface area contributed by atoms with Gasteiger partial charge in [0.05, 0.1) is 17.6 Å². The first-order chi connectivity index (χ1) is 12.9. The Kier molecular flexibility index (Phi) is 4.56. The maximum absolute atomic E-state index is 14.2. The second-order valence-electron chi connectivity index (χ2n) is 5.90. The van der Waals surface area contributed by atoms with Gasteiger partial charge in [-0.1, -0.05) is 40.2 Å². The first-order valence-corrected chi connectivity index (χ1v) is 9.56. The van der Waals surface area contributed by atoms with Crippen molar-refractivity contribution in [2.75, 3.05) is 0 Å². The Morgan fingerprint density at radius 2 is 1.89 bits per heavy atom. The van der Waals surface area contributed by atoms with Crippen LogP contribution >= 0.6 is 27.7 Å². The molecule has 1 aliphatic rings. The van der Waals surface area contributed by atoms with E-state index in [4.69, 9.17) is 0 Å². The van der Waals surface area contributed by atoms with Crippen LogP contribution in [0.25, 0.3) is 10.8 Å². The zero-order valence-electron chi connectivity index (χ0n) is 13.6. The lowest BCUT2D eigenvalue weighted by Crippen LogP contribution is -2.28. The summed E-state index contributed by atoms with van der Waals surface area (Å²) in [6.45, 7) is -0.0945. The Morgan fingerprint density at radius 3 is 2.56 bits per heavy atom. The number of aromatic nitrogens is 2. The van der Waals surface area contributed by atoms with E-state index in [1.54, 1.807) is 36.4 Å². The molecule has 1 unspecified atom stereocenters. The minimum Gasteiger partial charge on any atom is -0.286 e. The van der Waals surface area contributed by atoms with Crippen LogP contribution in [-0.4, -0.2) is 20.9 Å². The van der Waals surface area contributed by atoms with Gasteiger partial charge < -0.3 is 0 Å². The van der Waals surface area contributed by atoms with E-state index in [-0.39, 0.29) is 12.1 Å². The topological polar surface area (TPSA) is 81.1 Å². The summed E-state index contributed by atoms with van der Waals surface area (Å²) in [6.07, 6.45) is 0. The van der Waals surface area contributed by atoms with E-state index >= 15 is 0 Å². The van der Waals surface area contributed by atoms with Gasteiger partial charge in [-0.25, -0.2) is 9.07 Å². The molecular weight excluding hydrogens is 437 g/mol. The fraction of sp³-hybridized carbons (Fsp3) is 0.111. The van der Waals surface area contributed by atoms with Gasteiger partial charge in [0.15, 0.2) is 0 Å². The smallest absolute Gasteiger partial charge is 0.286 e. The van der Waals surface area contributed by atoms with Crippen LogP contribution in [0.5, 0.6) is 0 Å². The van der Waals surface area contributed by atoms with Gasteiger partial charge in [-0.3, -0.25) is 19.7 Å². The van der Waals surface area contributed by atoms with Crippen molar-refractivity contribution in [1.29, 1.82) is 0 Å². The van der Waals surface area contributed by atoms with Crippen molar-refractivity contribution in [2.24, 2.45) is 0 Å². The molecule has 1 aromatic heterocycles. The average molecular weight is 448 g/mol. The van der Waals surface area contributed by atoms with Crippen molar-refractivity contribution in [2.45, 2.75) is 11.8 Å². The monoisotopic (exact) mass is 447 g/mol. The predicted molar refractivity (Wildman–Crippen MR) is 103 cm³/mol. The van der Waals surface area contributed by atoms with Crippen LogP contribution in [0, 0.1) is 5.82 Å². The Morgan fingerprint density at radius 1 is 1.15 bits per heavy atom. The van der Waals surface area contributed by atoms with E-state index in [2.05, 4.69) is 26.3 Å². The van der Waals surface area contributed by atoms with Gasteiger partial charge in [-0.15, -0.1) is 0 Å². The highest BCUT2D eigenvalue weighted by Crippen LogP contribution is 2.35. The summed E-state index contributed by atoms with van der Waals surface area (Å²) in [4.78, 5) is 36.5. The van der Waals surface area contributed by atoms with Crippen molar-refractivity contribution >= 4 is 49.6 Å². The van der Waals surface area contributed by atoms with E-state index < -0.39 is 27.8 Å². The number of imide groups is 1. The number of benzene rings is 2. The lowest BCUT2D eigenvalue weighted by atomic mass is 10.1. The number of rotatable bonds is 3. The van der Waals surface area contributed by atoms with Crippen molar-refractivity contribution < 1.29 is 14.0 Å². The highest BCUT2D eigenvalue weighted by Gasteiger charge is 2.36. The molecule has 1 aliphatic heterocycles. The molecule has 6 nitrogen and oxygen atoms in total. The van der Waals surface area contributed by atoms with Crippen LogP contribution in [0.1, 0.15) is 16.5 Å². The zero-order valence-corrected chi connectivity index (χ0v) is 16.0. The SMILES string of the molecule is O=C1NC(=O)C(c2nn(Cc3ccc(Br)cc3F)c(=O)c3ccccc23)S1. The molecule has 2 heterocycles. The third-order valence-electron chi connectivity index (χ3n) is 4.17. The molecule has 1 fully saturated rings. The number of nitrogens with one attached hydrogen (secondary N) is 1. The molecule has 0 radical (unpaired) electrons. The number of amides is 2. The standard InChI is InChI=1S/C18H11BrFN3O3S/c19-10-6-5-9(13(20)7-10)8-23-17(25)12-4-2-1-3-11(12)14(22-23)15-16(24)21-18(26)27-15/h1-7,15H,8H2,(H,21,24,26). The predicted octanol–water partition coefficient (Wildman–Crippen LogP) is 3.37. The lowest BCUT2D eigenvalue weighted by molar-refractivity contribution is -0.119. The normalized spacial score (nSPS) is 16.7. The molecule has 9 heteroatoms. The van der Waals surface area contributed by atoms with E-state index in [9.17, 15) is 18.8 Å². The molecule has 2 amide bonds. The summed E-state index contributed by atoms with van der Waals surface area (Å²) in [7, 11) is 0. The highest BCUT2D eigenvalue weighted by atomic mass is 79.9. The summed E-state index contributed by atoms with van der Waals surface area (Å²) < 4.78 is 15.9. The number of halogens is 2. The minimum atomic E-state index is -0.857. The molecule has 2 aromatic carbocycles. The van der Waals surface area contributed by atoms with Gasteiger partial charge in [0.1, 0.15) is 11.1 Å². The molecular formula is C18H11BrFN3O3S. The van der Waals surface area contributed by atoms with Gasteiger partial charge in [0.2, 0.25) is 5.91 Å². The highest BCUT2D eigenvalue weighted by molar-refractivity contribution is 9.10. The Balaban J connectivity index is 1.89. The molecule has 4 rings (SSSR count). The second-order valence-corrected chi connectivity index (χ2v) is 7.90. The first-order valence-electron chi connectivity index (χ1n) is 7.89. The van der Waals surface area contributed by atoms with Crippen LogP contribution in [0.2, 0.25) is 0 Å². The number of carbonyl (C=O) groups excluding carboxylic acids is 2. The van der Waals surface area contributed by atoms with Crippen molar-refractivity contribution in [1.82, 2.24) is 15.1 Å². The number of carbonyl (C=O) groups is 2. The van der Waals surface area contributed by atoms with E-state index in [0.29, 0.717) is 20.9 Å². The molecule has 0 saturated carbocycles. The third-order valence-corrected chi connectivity index (χ3v) is 5.65. The maximum atomic E-state index is 14.2. The van der Waals surface area contributed by atoms with E-state index in [1.807, 2.05) is 0 Å². The summed E-state index contributed by atoms with van der Waals surface area (Å²) in [5.74, 6) is -0.960. The Labute approximate surface area is 164 Å². The van der Waals surface area contributed by atoms with Gasteiger partial charge in [-0.2, -0.15) is 5.10 Å². The average Bonchev–Trinajstić information content (AvgIpc) is 2.97. The van der Waals surface area contributed by atoms with Crippen molar-refractivity contribution in [3.8, 4) is 0 Å². The van der Waals surface area contributed by atoms with Gasteiger partial charge in [0.25, 0.3) is 10.8 Å². The Hall–Kier alpha value is -2.52. The minimum absolute atomic E-state index is 0.0945. The molecule has 27 heavy (non-hydrogen) atoms. The van der Waals surface area contributed by atoms with Gasteiger partial charge in [-0.05, 0) is 30.0 Å². The van der Waals surface area contributed by atoms with E-state index in [0.717, 1.165) is 16.4 Å². The molecule has 0 bridgehead atoms. The molecule has 3 aromatic rings. The number of fused-ring (bicyclic) bond motifs is 1. The summed E-state index contributed by atoms with van der Waals surface area (Å²) >= 11 is 4.00. The van der Waals surface area contributed by atoms with Crippen LogP contribution in [0.4, 0.5) is 9.18 Å². The van der Waals surface area contributed by atoms with Gasteiger partial charge >= 0.3 is 0 Å².